The van der Waals surface area contributed by atoms with Crippen molar-refractivity contribution < 1.29 is 9.90 Å². The number of hydrogen-bond donors (Lipinski definition) is 3. The molecule has 0 aromatic heterocycles. The van der Waals surface area contributed by atoms with Crippen LogP contribution < -0.4 is 10.6 Å². The maximum atomic E-state index is 12.2. The molecule has 5 nitrogen and oxygen atoms in total. The minimum Gasteiger partial charge on any atom is -0.393 e. The standard InChI is InChI=1S/C20H33N3O2/c1-3-23-11-7-8-17(15-23)13-21-20(25)22-14-19(12-16(2)24)18-9-5-4-6-10-18/h4-6,9-10,16-17,19,24H,3,7-8,11-15H2,1-2H3,(H2,21,22,25). The van der Waals surface area contributed by atoms with Gasteiger partial charge in [-0.1, -0.05) is 37.3 Å². The Hall–Kier alpha value is -1.59. The third-order valence-corrected chi connectivity index (χ3v) is 5.01. The van der Waals surface area contributed by atoms with Crippen LogP contribution in [0, 0.1) is 5.92 Å². The maximum absolute atomic E-state index is 12.2. The number of likely N-dealkylation sites (tertiary alicyclic amines) is 1. The van der Waals surface area contributed by atoms with Gasteiger partial charge in [0.15, 0.2) is 0 Å². The molecule has 1 saturated heterocycles. The first-order chi connectivity index (χ1) is 12.1. The average molecular weight is 348 g/mol. The number of hydrogen-bond acceptors (Lipinski definition) is 3. The zero-order chi connectivity index (χ0) is 18.1. The molecule has 140 valence electrons. The zero-order valence-corrected chi connectivity index (χ0v) is 15.6. The SMILES string of the molecule is CCN1CCCC(CNC(=O)NCC(CC(C)O)c2ccccc2)C1. The Kier molecular flexibility index (Phi) is 8.22. The number of nitrogens with one attached hydrogen (secondary N) is 2. The fourth-order valence-electron chi connectivity index (χ4n) is 3.59. The summed E-state index contributed by atoms with van der Waals surface area (Å²) in [5.74, 6) is 0.666. The molecule has 0 bridgehead atoms. The molecule has 1 aliphatic heterocycles. The van der Waals surface area contributed by atoms with Gasteiger partial charge >= 0.3 is 6.03 Å². The van der Waals surface area contributed by atoms with E-state index in [9.17, 15) is 9.90 Å². The first-order valence-electron chi connectivity index (χ1n) is 9.55. The summed E-state index contributed by atoms with van der Waals surface area (Å²) in [5.41, 5.74) is 1.15. The molecule has 1 aliphatic rings. The molecule has 0 aliphatic carbocycles. The van der Waals surface area contributed by atoms with Crippen LogP contribution in [0.3, 0.4) is 0 Å². The summed E-state index contributed by atoms with van der Waals surface area (Å²) >= 11 is 0. The van der Waals surface area contributed by atoms with Crippen LogP contribution in [0.4, 0.5) is 4.79 Å². The summed E-state index contributed by atoms with van der Waals surface area (Å²) in [6.45, 7) is 8.58. The lowest BCUT2D eigenvalue weighted by atomic mass is 9.93. The largest absolute Gasteiger partial charge is 0.393 e. The number of amides is 2. The smallest absolute Gasteiger partial charge is 0.314 e. The van der Waals surface area contributed by atoms with E-state index in [2.05, 4.69) is 22.5 Å². The molecule has 3 N–H and O–H groups in total. The van der Waals surface area contributed by atoms with Crippen molar-refractivity contribution in [3.05, 3.63) is 35.9 Å². The van der Waals surface area contributed by atoms with E-state index in [0.717, 1.165) is 25.2 Å². The minimum atomic E-state index is -0.391. The molecule has 1 aromatic carbocycles. The lowest BCUT2D eigenvalue weighted by molar-refractivity contribution is 0.172. The van der Waals surface area contributed by atoms with Gasteiger partial charge in [0.2, 0.25) is 0 Å². The predicted octanol–water partition coefficient (Wildman–Crippen LogP) is 2.57. The molecule has 0 radical (unpaired) electrons. The highest BCUT2D eigenvalue weighted by molar-refractivity contribution is 5.73. The highest BCUT2D eigenvalue weighted by atomic mass is 16.3. The molecule has 2 rings (SSSR count). The van der Waals surface area contributed by atoms with Crippen molar-refractivity contribution in [2.75, 3.05) is 32.7 Å². The average Bonchev–Trinajstić information content (AvgIpc) is 2.64. The molecular weight excluding hydrogens is 314 g/mol. The van der Waals surface area contributed by atoms with Crippen LogP contribution in [-0.4, -0.2) is 54.9 Å². The van der Waals surface area contributed by atoms with Gasteiger partial charge in [-0.2, -0.15) is 0 Å². The first-order valence-corrected chi connectivity index (χ1v) is 9.55. The molecule has 1 heterocycles. The van der Waals surface area contributed by atoms with Gasteiger partial charge in [-0.15, -0.1) is 0 Å². The van der Waals surface area contributed by atoms with Crippen LogP contribution in [0.5, 0.6) is 0 Å². The Balaban J connectivity index is 1.76. The van der Waals surface area contributed by atoms with E-state index in [1.807, 2.05) is 30.3 Å². The molecule has 5 heteroatoms. The second-order valence-corrected chi connectivity index (χ2v) is 7.18. The molecule has 3 unspecified atom stereocenters. The Morgan fingerprint density at radius 1 is 1.32 bits per heavy atom. The van der Waals surface area contributed by atoms with Crippen LogP contribution in [0.1, 0.15) is 44.6 Å². The number of benzene rings is 1. The van der Waals surface area contributed by atoms with E-state index in [1.54, 1.807) is 6.92 Å². The molecule has 1 aromatic rings. The molecule has 3 atom stereocenters. The van der Waals surface area contributed by atoms with Crippen molar-refractivity contribution >= 4 is 6.03 Å². The molecular formula is C20H33N3O2. The third kappa shape index (κ3) is 7.04. The Morgan fingerprint density at radius 2 is 2.08 bits per heavy atom. The van der Waals surface area contributed by atoms with E-state index in [4.69, 9.17) is 0 Å². The van der Waals surface area contributed by atoms with Crippen LogP contribution in [0.2, 0.25) is 0 Å². The van der Waals surface area contributed by atoms with Crippen molar-refractivity contribution in [2.45, 2.75) is 45.1 Å². The van der Waals surface area contributed by atoms with E-state index >= 15 is 0 Å². The van der Waals surface area contributed by atoms with Gasteiger partial charge in [-0.05, 0) is 50.8 Å². The van der Waals surface area contributed by atoms with Crippen molar-refractivity contribution in [1.29, 1.82) is 0 Å². The van der Waals surface area contributed by atoms with Crippen molar-refractivity contribution in [1.82, 2.24) is 15.5 Å². The van der Waals surface area contributed by atoms with Crippen LogP contribution in [0.25, 0.3) is 0 Å². The number of nitrogens with zero attached hydrogens (tertiary/aromatic N) is 1. The second-order valence-electron chi connectivity index (χ2n) is 7.18. The molecule has 1 fully saturated rings. The number of aliphatic hydroxyl groups is 1. The van der Waals surface area contributed by atoms with Gasteiger partial charge in [0.25, 0.3) is 0 Å². The van der Waals surface area contributed by atoms with Crippen LogP contribution in [0.15, 0.2) is 30.3 Å². The Labute approximate surface area is 151 Å². The van der Waals surface area contributed by atoms with Crippen molar-refractivity contribution in [3.63, 3.8) is 0 Å². The predicted molar refractivity (Wildman–Crippen MR) is 102 cm³/mol. The fourth-order valence-corrected chi connectivity index (χ4v) is 3.59. The van der Waals surface area contributed by atoms with Gasteiger partial charge in [0.05, 0.1) is 6.10 Å². The van der Waals surface area contributed by atoms with Crippen molar-refractivity contribution in [2.24, 2.45) is 5.92 Å². The number of carbonyl (C=O) groups excluding carboxylic acids is 1. The normalized spacial score (nSPS) is 20.7. The minimum absolute atomic E-state index is 0.111. The highest BCUT2D eigenvalue weighted by Gasteiger charge is 2.20. The summed E-state index contributed by atoms with van der Waals surface area (Å²) in [5, 5.41) is 15.7. The van der Waals surface area contributed by atoms with E-state index in [1.165, 1.54) is 19.4 Å². The number of piperidine rings is 1. The first kappa shape index (κ1) is 19.7. The van der Waals surface area contributed by atoms with Gasteiger partial charge in [-0.25, -0.2) is 4.79 Å². The summed E-state index contributed by atoms with van der Waals surface area (Å²) < 4.78 is 0. The Bertz CT molecular complexity index is 507. The summed E-state index contributed by atoms with van der Waals surface area (Å²) in [7, 11) is 0. The zero-order valence-electron chi connectivity index (χ0n) is 15.6. The van der Waals surface area contributed by atoms with Crippen LogP contribution >= 0.6 is 0 Å². The molecule has 2 amide bonds. The van der Waals surface area contributed by atoms with Gasteiger partial charge in [0.1, 0.15) is 0 Å². The molecule has 0 spiro atoms. The van der Waals surface area contributed by atoms with E-state index in [0.29, 0.717) is 18.9 Å². The summed E-state index contributed by atoms with van der Waals surface area (Å²) in [6.07, 6.45) is 2.65. The lowest BCUT2D eigenvalue weighted by Gasteiger charge is -2.31. The third-order valence-electron chi connectivity index (χ3n) is 5.01. The highest BCUT2D eigenvalue weighted by Crippen LogP contribution is 2.20. The van der Waals surface area contributed by atoms with Crippen LogP contribution in [-0.2, 0) is 0 Å². The van der Waals surface area contributed by atoms with Gasteiger partial charge < -0.3 is 20.6 Å². The molecule has 0 saturated carbocycles. The number of aliphatic hydroxyl groups excluding tert-OH is 1. The number of urea groups is 1. The van der Waals surface area contributed by atoms with E-state index < -0.39 is 6.10 Å². The van der Waals surface area contributed by atoms with Crippen molar-refractivity contribution in [3.8, 4) is 0 Å². The maximum Gasteiger partial charge on any atom is 0.314 e. The van der Waals surface area contributed by atoms with Gasteiger partial charge in [-0.3, -0.25) is 0 Å². The Morgan fingerprint density at radius 3 is 2.76 bits per heavy atom. The second kappa shape index (κ2) is 10.4. The molecule has 25 heavy (non-hydrogen) atoms. The topological polar surface area (TPSA) is 64.6 Å². The quantitative estimate of drug-likeness (QED) is 0.677. The number of rotatable bonds is 8. The lowest BCUT2D eigenvalue weighted by Crippen LogP contribution is -2.44. The fraction of sp³-hybridized carbons (Fsp3) is 0.650. The summed E-state index contributed by atoms with van der Waals surface area (Å²) in [4.78, 5) is 14.6. The van der Waals surface area contributed by atoms with Gasteiger partial charge in [0, 0.05) is 25.6 Å². The van der Waals surface area contributed by atoms with E-state index in [-0.39, 0.29) is 11.9 Å². The monoisotopic (exact) mass is 347 g/mol. The summed E-state index contributed by atoms with van der Waals surface area (Å²) in [6, 6.07) is 9.95. The number of carbonyl (C=O) groups is 1.